The van der Waals surface area contributed by atoms with E-state index in [4.69, 9.17) is 23.2 Å². The van der Waals surface area contributed by atoms with E-state index in [9.17, 15) is 4.79 Å². The average molecular weight is 380 g/mol. The minimum Gasteiger partial charge on any atom is -0.321 e. The largest absolute Gasteiger partial charge is 0.321 e. The van der Waals surface area contributed by atoms with Crippen LogP contribution in [0.3, 0.4) is 0 Å². The smallest absolute Gasteiger partial charge is 0.265 e. The fourth-order valence-corrected chi connectivity index (χ4v) is 3.80. The van der Waals surface area contributed by atoms with Crippen LogP contribution in [0.15, 0.2) is 36.4 Å². The molecule has 0 saturated carbocycles. The zero-order valence-electron chi connectivity index (χ0n) is 13.1. The maximum Gasteiger partial charge on any atom is 0.265 e. The van der Waals surface area contributed by atoms with Gasteiger partial charge in [0.05, 0.1) is 17.1 Å². The second-order valence-corrected chi connectivity index (χ2v) is 7.50. The van der Waals surface area contributed by atoms with Crippen LogP contribution in [0.2, 0.25) is 10.0 Å². The average Bonchev–Trinajstić information content (AvgIpc) is 3.05. The first-order valence-electron chi connectivity index (χ1n) is 7.28. The fourth-order valence-electron chi connectivity index (χ4n) is 2.39. The maximum absolute atomic E-state index is 12.4. The molecule has 24 heavy (non-hydrogen) atoms. The third-order valence-corrected chi connectivity index (χ3v) is 4.92. The van der Waals surface area contributed by atoms with Gasteiger partial charge in [-0.3, -0.25) is 9.48 Å². The van der Waals surface area contributed by atoms with Crippen molar-refractivity contribution >= 4 is 46.1 Å². The summed E-state index contributed by atoms with van der Waals surface area (Å²) < 4.78 is 1.93. The van der Waals surface area contributed by atoms with Crippen LogP contribution in [-0.4, -0.2) is 15.7 Å². The van der Waals surface area contributed by atoms with E-state index < -0.39 is 0 Å². The van der Waals surface area contributed by atoms with Crippen LogP contribution < -0.4 is 5.32 Å². The Balaban J connectivity index is 1.72. The number of anilines is 1. The first kappa shape index (κ1) is 17.0. The van der Waals surface area contributed by atoms with Crippen molar-refractivity contribution in [3.8, 4) is 0 Å². The van der Waals surface area contributed by atoms with E-state index in [2.05, 4.69) is 10.4 Å². The van der Waals surface area contributed by atoms with Gasteiger partial charge in [-0.15, -0.1) is 11.3 Å². The first-order valence-corrected chi connectivity index (χ1v) is 8.85. The van der Waals surface area contributed by atoms with Gasteiger partial charge in [-0.1, -0.05) is 23.2 Å². The molecule has 1 aromatic carbocycles. The number of nitrogens with one attached hydrogen (secondary N) is 1. The first-order chi connectivity index (χ1) is 11.4. The predicted molar refractivity (Wildman–Crippen MR) is 99.5 cm³/mol. The number of benzene rings is 1. The van der Waals surface area contributed by atoms with E-state index in [1.165, 1.54) is 11.3 Å². The number of aromatic nitrogens is 2. The second kappa shape index (κ2) is 6.97. The molecule has 0 fully saturated rings. The molecule has 0 spiro atoms. The lowest BCUT2D eigenvalue weighted by Crippen LogP contribution is -2.10. The Labute approximate surface area is 154 Å². The monoisotopic (exact) mass is 379 g/mol. The van der Waals surface area contributed by atoms with Crippen LogP contribution in [0.25, 0.3) is 0 Å². The number of hydrogen-bond acceptors (Lipinski definition) is 3. The molecule has 0 aliphatic rings. The van der Waals surface area contributed by atoms with Crippen molar-refractivity contribution < 1.29 is 4.79 Å². The van der Waals surface area contributed by atoms with Gasteiger partial charge in [0, 0.05) is 26.3 Å². The summed E-state index contributed by atoms with van der Waals surface area (Å²) in [6, 6.07) is 10.7. The Morgan fingerprint density at radius 1 is 1.17 bits per heavy atom. The molecule has 124 valence electrons. The summed E-state index contributed by atoms with van der Waals surface area (Å²) in [5.41, 5.74) is 2.66. The van der Waals surface area contributed by atoms with Crippen molar-refractivity contribution in [3.05, 3.63) is 67.6 Å². The third kappa shape index (κ3) is 3.98. The van der Waals surface area contributed by atoms with Gasteiger partial charge < -0.3 is 5.32 Å². The lowest BCUT2D eigenvalue weighted by atomic mass is 10.3. The van der Waals surface area contributed by atoms with Crippen LogP contribution in [0.1, 0.15) is 25.9 Å². The van der Waals surface area contributed by atoms with Gasteiger partial charge in [-0.05, 0) is 50.2 Å². The molecule has 1 N–H and O–H groups in total. The standard InChI is InChI=1S/C17H15Cl2N3OS/c1-10-5-11(2)22(21-10)9-15-3-4-16(24-15)17(23)20-14-7-12(18)6-13(19)8-14/h3-8H,9H2,1-2H3,(H,20,23). The number of hydrogen-bond donors (Lipinski definition) is 1. The zero-order valence-corrected chi connectivity index (χ0v) is 15.5. The number of halogens is 2. The van der Waals surface area contributed by atoms with Gasteiger partial charge in [0.15, 0.2) is 0 Å². The molecule has 0 aliphatic carbocycles. The number of carbonyl (C=O) groups excluding carboxylic acids is 1. The molecule has 2 heterocycles. The molecule has 0 aliphatic heterocycles. The Bertz CT molecular complexity index is 881. The van der Waals surface area contributed by atoms with E-state index >= 15 is 0 Å². The maximum atomic E-state index is 12.4. The number of nitrogens with zero attached hydrogens (tertiary/aromatic N) is 2. The van der Waals surface area contributed by atoms with Gasteiger partial charge >= 0.3 is 0 Å². The highest BCUT2D eigenvalue weighted by molar-refractivity contribution is 7.14. The molecule has 3 aromatic rings. The second-order valence-electron chi connectivity index (χ2n) is 5.46. The molecule has 0 bridgehead atoms. The van der Waals surface area contributed by atoms with Crippen LogP contribution >= 0.6 is 34.5 Å². The minimum atomic E-state index is -0.182. The number of amides is 1. The summed E-state index contributed by atoms with van der Waals surface area (Å²) >= 11 is 13.3. The van der Waals surface area contributed by atoms with Gasteiger partial charge in [0.2, 0.25) is 0 Å². The van der Waals surface area contributed by atoms with Crippen molar-refractivity contribution in [1.82, 2.24) is 9.78 Å². The van der Waals surface area contributed by atoms with E-state index in [1.807, 2.05) is 36.7 Å². The molecule has 2 aromatic heterocycles. The quantitative estimate of drug-likeness (QED) is 0.679. The van der Waals surface area contributed by atoms with Crippen LogP contribution in [0.4, 0.5) is 5.69 Å². The number of thiophene rings is 1. The molecule has 3 rings (SSSR count). The molecular weight excluding hydrogens is 365 g/mol. The van der Waals surface area contributed by atoms with Crippen molar-refractivity contribution in [2.45, 2.75) is 20.4 Å². The van der Waals surface area contributed by atoms with Crippen molar-refractivity contribution in [2.75, 3.05) is 5.32 Å². The molecule has 4 nitrogen and oxygen atoms in total. The Kier molecular flexibility index (Phi) is 4.94. The lowest BCUT2D eigenvalue weighted by molar-refractivity contribution is 0.103. The summed E-state index contributed by atoms with van der Waals surface area (Å²) in [6.45, 7) is 4.64. The molecule has 1 amide bonds. The van der Waals surface area contributed by atoms with Crippen LogP contribution in [-0.2, 0) is 6.54 Å². The molecule has 0 saturated heterocycles. The highest BCUT2D eigenvalue weighted by Gasteiger charge is 2.12. The summed E-state index contributed by atoms with van der Waals surface area (Å²) in [5, 5.41) is 8.21. The SMILES string of the molecule is Cc1cc(C)n(Cc2ccc(C(=O)Nc3cc(Cl)cc(Cl)c3)s2)n1. The number of carbonyl (C=O) groups is 1. The summed E-state index contributed by atoms with van der Waals surface area (Å²) in [6.07, 6.45) is 0. The number of rotatable bonds is 4. The summed E-state index contributed by atoms with van der Waals surface area (Å²) in [7, 11) is 0. The highest BCUT2D eigenvalue weighted by atomic mass is 35.5. The minimum absolute atomic E-state index is 0.182. The van der Waals surface area contributed by atoms with E-state index in [1.54, 1.807) is 18.2 Å². The topological polar surface area (TPSA) is 46.9 Å². The Morgan fingerprint density at radius 2 is 1.88 bits per heavy atom. The molecule has 0 unspecified atom stereocenters. The van der Waals surface area contributed by atoms with Gasteiger partial charge in [0.1, 0.15) is 0 Å². The lowest BCUT2D eigenvalue weighted by Gasteiger charge is -2.05. The van der Waals surface area contributed by atoms with Gasteiger partial charge in [-0.25, -0.2) is 0 Å². The highest BCUT2D eigenvalue weighted by Crippen LogP contribution is 2.24. The normalized spacial score (nSPS) is 10.8. The molecule has 7 heteroatoms. The molecule has 0 radical (unpaired) electrons. The van der Waals surface area contributed by atoms with Crippen molar-refractivity contribution in [2.24, 2.45) is 0 Å². The third-order valence-electron chi connectivity index (χ3n) is 3.41. The van der Waals surface area contributed by atoms with Crippen LogP contribution in [0, 0.1) is 13.8 Å². The van der Waals surface area contributed by atoms with E-state index in [-0.39, 0.29) is 5.91 Å². The molecule has 0 atom stereocenters. The van der Waals surface area contributed by atoms with E-state index in [0.29, 0.717) is 27.2 Å². The summed E-state index contributed by atoms with van der Waals surface area (Å²) in [5.74, 6) is -0.182. The van der Waals surface area contributed by atoms with Crippen LogP contribution in [0.5, 0.6) is 0 Å². The van der Waals surface area contributed by atoms with Crippen molar-refractivity contribution in [3.63, 3.8) is 0 Å². The predicted octanol–water partition coefficient (Wildman–Crippen LogP) is 5.17. The summed E-state index contributed by atoms with van der Waals surface area (Å²) in [4.78, 5) is 14.1. The fraction of sp³-hybridized carbons (Fsp3) is 0.176. The Morgan fingerprint density at radius 3 is 2.50 bits per heavy atom. The molecular formula is C17H15Cl2N3OS. The number of aryl methyl sites for hydroxylation is 2. The Hall–Kier alpha value is -1.82. The zero-order chi connectivity index (χ0) is 17.3. The van der Waals surface area contributed by atoms with Crippen molar-refractivity contribution in [1.29, 1.82) is 0 Å². The van der Waals surface area contributed by atoms with Gasteiger partial charge in [-0.2, -0.15) is 5.10 Å². The van der Waals surface area contributed by atoms with E-state index in [0.717, 1.165) is 16.3 Å². The van der Waals surface area contributed by atoms with Gasteiger partial charge in [0.25, 0.3) is 5.91 Å².